The van der Waals surface area contributed by atoms with Gasteiger partial charge in [0.05, 0.1) is 13.2 Å². The molecule has 1 aromatic heterocycles. The van der Waals surface area contributed by atoms with Crippen LogP contribution in [0.2, 0.25) is 0 Å². The summed E-state index contributed by atoms with van der Waals surface area (Å²) in [5.74, 6) is 0.690. The third kappa shape index (κ3) is 5.06. The smallest absolute Gasteiger partial charge is 0.244 e. The van der Waals surface area contributed by atoms with Crippen LogP contribution in [-0.4, -0.2) is 50.1 Å². The number of aromatic nitrogens is 1. The maximum Gasteiger partial charge on any atom is 0.244 e. The van der Waals surface area contributed by atoms with Crippen LogP contribution in [0.15, 0.2) is 47.5 Å². The van der Waals surface area contributed by atoms with Gasteiger partial charge in [-0.3, -0.25) is 0 Å². The van der Waals surface area contributed by atoms with Crippen molar-refractivity contribution in [2.45, 2.75) is 37.6 Å². The first kappa shape index (κ1) is 19.8. The van der Waals surface area contributed by atoms with E-state index >= 15 is 0 Å². The Morgan fingerprint density at radius 2 is 1.85 bits per heavy atom. The van der Waals surface area contributed by atoms with Gasteiger partial charge in [0, 0.05) is 25.3 Å². The molecule has 1 unspecified atom stereocenters. The highest BCUT2D eigenvalue weighted by Gasteiger charge is 2.26. The van der Waals surface area contributed by atoms with Crippen molar-refractivity contribution < 1.29 is 13.2 Å². The van der Waals surface area contributed by atoms with Gasteiger partial charge in [0.15, 0.2) is 0 Å². The molecule has 1 atom stereocenters. The van der Waals surface area contributed by atoms with Crippen LogP contribution < -0.4 is 5.32 Å². The first-order chi connectivity index (χ1) is 13.0. The van der Waals surface area contributed by atoms with Gasteiger partial charge in [-0.25, -0.2) is 13.4 Å². The number of hydrogen-bond donors (Lipinski definition) is 1. The summed E-state index contributed by atoms with van der Waals surface area (Å²) in [5.41, 5.74) is 2.52. The van der Waals surface area contributed by atoms with Crippen molar-refractivity contribution in [3.8, 4) is 0 Å². The van der Waals surface area contributed by atoms with Gasteiger partial charge < -0.3 is 10.1 Å². The van der Waals surface area contributed by atoms with Crippen LogP contribution in [-0.2, 0) is 21.2 Å². The van der Waals surface area contributed by atoms with Gasteiger partial charge in [-0.05, 0) is 37.5 Å². The summed E-state index contributed by atoms with van der Waals surface area (Å²) in [6.45, 7) is 5.85. The minimum absolute atomic E-state index is 0.224. The molecule has 0 radical (unpaired) electrons. The molecule has 0 amide bonds. The summed E-state index contributed by atoms with van der Waals surface area (Å²) in [5, 5.41) is 3.41. The number of hydrogen-bond acceptors (Lipinski definition) is 5. The Bertz CT molecular complexity index is 830. The Kier molecular flexibility index (Phi) is 6.46. The van der Waals surface area contributed by atoms with Crippen LogP contribution in [0.25, 0.3) is 0 Å². The number of nitrogens with one attached hydrogen (secondary N) is 1. The lowest BCUT2D eigenvalue weighted by atomic mass is 10.0. The first-order valence-electron chi connectivity index (χ1n) is 9.35. The Balaban J connectivity index is 1.66. The molecular weight excluding hydrogens is 362 g/mol. The average molecular weight is 390 g/mol. The van der Waals surface area contributed by atoms with E-state index in [9.17, 15) is 8.42 Å². The van der Waals surface area contributed by atoms with Crippen LogP contribution in [0.1, 0.15) is 24.5 Å². The molecule has 146 valence electrons. The Morgan fingerprint density at radius 3 is 2.44 bits per heavy atom. The molecule has 6 nitrogen and oxygen atoms in total. The fraction of sp³-hybridized carbons (Fsp3) is 0.450. The van der Waals surface area contributed by atoms with E-state index in [0.29, 0.717) is 32.1 Å². The molecule has 27 heavy (non-hydrogen) atoms. The van der Waals surface area contributed by atoms with Gasteiger partial charge in [-0.1, -0.05) is 36.8 Å². The SMILES string of the molecule is CCC(Cc1ccc(C)cc1)Nc1ccc(S(=O)(=O)N2CCOCC2)cn1. The second-order valence-corrected chi connectivity index (χ2v) is 8.77. The van der Waals surface area contributed by atoms with E-state index in [1.807, 2.05) is 0 Å². The molecule has 1 aliphatic heterocycles. The van der Waals surface area contributed by atoms with E-state index in [-0.39, 0.29) is 10.9 Å². The third-order valence-electron chi connectivity index (χ3n) is 4.79. The Morgan fingerprint density at radius 1 is 1.15 bits per heavy atom. The monoisotopic (exact) mass is 389 g/mol. The topological polar surface area (TPSA) is 71.5 Å². The van der Waals surface area contributed by atoms with Crippen LogP contribution in [0.3, 0.4) is 0 Å². The van der Waals surface area contributed by atoms with Crippen LogP contribution in [0.4, 0.5) is 5.82 Å². The fourth-order valence-electron chi connectivity index (χ4n) is 3.07. The van der Waals surface area contributed by atoms with E-state index in [0.717, 1.165) is 12.8 Å². The summed E-state index contributed by atoms with van der Waals surface area (Å²) in [6.07, 6.45) is 3.28. The summed E-state index contributed by atoms with van der Waals surface area (Å²) >= 11 is 0. The standard InChI is InChI=1S/C20H27N3O3S/c1-3-18(14-17-6-4-16(2)5-7-17)22-20-9-8-19(15-21-20)27(24,25)23-10-12-26-13-11-23/h4-9,15,18H,3,10-14H2,1-2H3,(H,21,22). The maximum atomic E-state index is 12.7. The molecule has 0 spiro atoms. The lowest BCUT2D eigenvalue weighted by Gasteiger charge is -2.26. The van der Waals surface area contributed by atoms with Crippen molar-refractivity contribution in [2.24, 2.45) is 0 Å². The van der Waals surface area contributed by atoms with Gasteiger partial charge in [0.1, 0.15) is 10.7 Å². The summed E-state index contributed by atoms with van der Waals surface area (Å²) < 4.78 is 32.0. The van der Waals surface area contributed by atoms with Crippen LogP contribution in [0.5, 0.6) is 0 Å². The van der Waals surface area contributed by atoms with Gasteiger partial charge >= 0.3 is 0 Å². The highest BCUT2D eigenvalue weighted by molar-refractivity contribution is 7.89. The molecular formula is C20H27N3O3S. The molecule has 2 heterocycles. The fourth-order valence-corrected chi connectivity index (χ4v) is 4.42. The molecule has 0 saturated carbocycles. The normalized spacial score (nSPS) is 16.8. The molecule has 0 aliphatic carbocycles. The van der Waals surface area contributed by atoms with Gasteiger partial charge in [-0.2, -0.15) is 4.31 Å². The Hall–Kier alpha value is -1.96. The number of ether oxygens (including phenoxy) is 1. The molecule has 1 fully saturated rings. The number of morpholine rings is 1. The minimum Gasteiger partial charge on any atom is -0.379 e. The molecule has 0 bridgehead atoms. The number of pyridine rings is 1. The molecule has 1 N–H and O–H groups in total. The second-order valence-electron chi connectivity index (χ2n) is 6.83. The number of rotatable bonds is 7. The van der Waals surface area contributed by atoms with E-state index in [2.05, 4.69) is 48.4 Å². The number of sulfonamides is 1. The second kappa shape index (κ2) is 8.82. The zero-order valence-electron chi connectivity index (χ0n) is 15.9. The van der Waals surface area contributed by atoms with Crippen molar-refractivity contribution >= 4 is 15.8 Å². The van der Waals surface area contributed by atoms with E-state index < -0.39 is 10.0 Å². The zero-order valence-corrected chi connectivity index (χ0v) is 16.7. The molecule has 2 aromatic rings. The number of anilines is 1. The molecule has 1 aromatic carbocycles. The molecule has 3 rings (SSSR count). The summed E-state index contributed by atoms with van der Waals surface area (Å²) in [6, 6.07) is 12.1. The number of nitrogens with zero attached hydrogens (tertiary/aromatic N) is 2. The maximum absolute atomic E-state index is 12.7. The zero-order chi connectivity index (χ0) is 19.3. The predicted molar refractivity (Wildman–Crippen MR) is 106 cm³/mol. The highest BCUT2D eigenvalue weighted by Crippen LogP contribution is 2.19. The highest BCUT2D eigenvalue weighted by atomic mass is 32.2. The Labute approximate surface area is 161 Å². The van der Waals surface area contributed by atoms with Crippen LogP contribution >= 0.6 is 0 Å². The molecule has 1 aliphatic rings. The van der Waals surface area contributed by atoms with Gasteiger partial charge in [0.2, 0.25) is 10.0 Å². The lowest BCUT2D eigenvalue weighted by Crippen LogP contribution is -2.40. The average Bonchev–Trinajstić information content (AvgIpc) is 2.70. The predicted octanol–water partition coefficient (Wildman–Crippen LogP) is 2.84. The van der Waals surface area contributed by atoms with Crippen molar-refractivity contribution in [1.82, 2.24) is 9.29 Å². The minimum atomic E-state index is -3.50. The summed E-state index contributed by atoms with van der Waals surface area (Å²) in [4.78, 5) is 4.56. The van der Waals surface area contributed by atoms with Crippen molar-refractivity contribution in [1.29, 1.82) is 0 Å². The van der Waals surface area contributed by atoms with Gasteiger partial charge in [-0.15, -0.1) is 0 Å². The van der Waals surface area contributed by atoms with E-state index in [1.165, 1.54) is 21.6 Å². The number of aryl methyl sites for hydroxylation is 1. The molecule has 7 heteroatoms. The van der Waals surface area contributed by atoms with Crippen LogP contribution in [0, 0.1) is 6.92 Å². The van der Waals surface area contributed by atoms with E-state index in [1.54, 1.807) is 12.1 Å². The quantitative estimate of drug-likeness (QED) is 0.788. The lowest BCUT2D eigenvalue weighted by molar-refractivity contribution is 0.0730. The van der Waals surface area contributed by atoms with Crippen molar-refractivity contribution in [3.05, 3.63) is 53.7 Å². The molecule has 1 saturated heterocycles. The first-order valence-corrected chi connectivity index (χ1v) is 10.8. The van der Waals surface area contributed by atoms with Crippen molar-refractivity contribution in [2.75, 3.05) is 31.6 Å². The number of benzene rings is 1. The van der Waals surface area contributed by atoms with E-state index in [4.69, 9.17) is 4.74 Å². The van der Waals surface area contributed by atoms with Crippen molar-refractivity contribution in [3.63, 3.8) is 0 Å². The van der Waals surface area contributed by atoms with Gasteiger partial charge in [0.25, 0.3) is 0 Å². The summed E-state index contributed by atoms with van der Waals surface area (Å²) in [7, 11) is -3.50. The largest absolute Gasteiger partial charge is 0.379 e. The third-order valence-corrected chi connectivity index (χ3v) is 6.67.